The number of aromatic carboxylic acids is 1. The zero-order chi connectivity index (χ0) is 33.2. The number of benzene rings is 4. The van der Waals surface area contributed by atoms with Crippen LogP contribution in [0.15, 0.2) is 103 Å². The number of nitrogens with zero attached hydrogens (tertiary/aromatic N) is 3. The molecule has 0 bridgehead atoms. The van der Waals surface area contributed by atoms with Gasteiger partial charge in [0, 0.05) is 17.8 Å². The predicted octanol–water partition coefficient (Wildman–Crippen LogP) is 7.11. The van der Waals surface area contributed by atoms with Crippen LogP contribution >= 0.6 is 0 Å². The van der Waals surface area contributed by atoms with Gasteiger partial charge in [-0.2, -0.15) is 0 Å². The lowest BCUT2D eigenvalue weighted by atomic mass is 10.2. The Bertz CT molecular complexity index is 1740. The molecule has 0 aliphatic rings. The summed E-state index contributed by atoms with van der Waals surface area (Å²) in [5.41, 5.74) is 3.01. The molecule has 11 heteroatoms. The topological polar surface area (TPSA) is 134 Å². The number of carboxylic acids is 1. The molecular weight excluding hydrogens is 600 g/mol. The largest absolute Gasteiger partial charge is 0.489 e. The van der Waals surface area contributed by atoms with Crippen molar-refractivity contribution in [1.29, 1.82) is 0 Å². The van der Waals surface area contributed by atoms with Gasteiger partial charge in [0.25, 0.3) is 0 Å². The van der Waals surface area contributed by atoms with Gasteiger partial charge in [0.1, 0.15) is 53.9 Å². The van der Waals surface area contributed by atoms with Crippen LogP contribution in [0.5, 0.6) is 17.2 Å². The summed E-state index contributed by atoms with van der Waals surface area (Å²) in [6, 6.07) is 29.8. The standard InChI is InChI=1S/C36H36N4O7/c1-36(2,3)47-35(43)37-28-14-15-32(34(41)42)33(18-28)46-24-29-21-40(39-38-29)20-27-16-30(44-22-25-10-6-4-7-11-25)19-31(17-27)45-23-26-12-8-5-9-13-26/h4-19,21H,20,22-24H2,1-3H3,(H,37,43)(H,41,42). The molecule has 0 unspecified atom stereocenters. The van der Waals surface area contributed by atoms with Crippen LogP contribution in [-0.2, 0) is 31.1 Å². The first-order chi connectivity index (χ1) is 22.6. The van der Waals surface area contributed by atoms with Gasteiger partial charge in [0.2, 0.25) is 0 Å². The van der Waals surface area contributed by atoms with Crippen molar-refractivity contribution in [1.82, 2.24) is 15.0 Å². The second-order valence-electron chi connectivity index (χ2n) is 11.7. The predicted molar refractivity (Wildman–Crippen MR) is 175 cm³/mol. The van der Waals surface area contributed by atoms with Gasteiger partial charge in [-0.25, -0.2) is 14.3 Å². The lowest BCUT2D eigenvalue weighted by molar-refractivity contribution is 0.0634. The summed E-state index contributed by atoms with van der Waals surface area (Å²) in [5.74, 6) is 0.189. The Morgan fingerprint density at radius 2 is 1.38 bits per heavy atom. The van der Waals surface area contributed by atoms with Crippen LogP contribution in [0.3, 0.4) is 0 Å². The van der Waals surface area contributed by atoms with E-state index in [0.717, 1.165) is 16.7 Å². The van der Waals surface area contributed by atoms with Crippen molar-refractivity contribution in [3.05, 3.63) is 131 Å². The number of hydrogen-bond donors (Lipinski definition) is 2. The van der Waals surface area contributed by atoms with E-state index in [9.17, 15) is 14.7 Å². The number of carboxylic acid groups (broad SMARTS) is 1. The molecule has 0 atom stereocenters. The van der Waals surface area contributed by atoms with Gasteiger partial charge in [-0.05, 0) is 61.7 Å². The van der Waals surface area contributed by atoms with Gasteiger partial charge < -0.3 is 24.1 Å². The first-order valence-electron chi connectivity index (χ1n) is 15.0. The molecule has 5 aromatic rings. The number of hydrogen-bond acceptors (Lipinski definition) is 8. The molecule has 242 valence electrons. The summed E-state index contributed by atoms with van der Waals surface area (Å²) in [5, 5.41) is 20.7. The highest BCUT2D eigenvalue weighted by molar-refractivity contribution is 5.93. The molecule has 1 amide bonds. The number of carbonyl (C=O) groups excluding carboxylic acids is 1. The highest BCUT2D eigenvalue weighted by Gasteiger charge is 2.18. The number of amides is 1. The maximum absolute atomic E-state index is 12.2. The molecule has 1 heterocycles. The van der Waals surface area contributed by atoms with Crippen LogP contribution in [0.1, 0.15) is 53.5 Å². The van der Waals surface area contributed by atoms with Crippen LogP contribution in [-0.4, -0.2) is 37.8 Å². The van der Waals surface area contributed by atoms with E-state index in [-0.39, 0.29) is 17.9 Å². The molecule has 0 saturated carbocycles. The lowest BCUT2D eigenvalue weighted by Gasteiger charge is -2.20. The van der Waals surface area contributed by atoms with Gasteiger partial charge in [-0.15, -0.1) is 5.10 Å². The fraction of sp³-hybridized carbons (Fsp3) is 0.222. The summed E-state index contributed by atoms with van der Waals surface area (Å²) < 4.78 is 25.0. The molecule has 0 spiro atoms. The molecule has 0 saturated heterocycles. The van der Waals surface area contributed by atoms with Gasteiger partial charge in [0.05, 0.1) is 12.7 Å². The Kier molecular flexibility index (Phi) is 10.4. The number of nitrogens with one attached hydrogen (secondary N) is 1. The fourth-order valence-electron chi connectivity index (χ4n) is 4.51. The number of rotatable bonds is 13. The van der Waals surface area contributed by atoms with E-state index in [1.165, 1.54) is 18.2 Å². The zero-order valence-electron chi connectivity index (χ0n) is 26.4. The number of ether oxygens (including phenoxy) is 4. The second-order valence-corrected chi connectivity index (χ2v) is 11.7. The molecule has 5 rings (SSSR count). The Balaban J connectivity index is 1.27. The van der Waals surface area contributed by atoms with Crippen molar-refractivity contribution < 1.29 is 33.6 Å². The van der Waals surface area contributed by atoms with E-state index >= 15 is 0 Å². The Hall–Kier alpha value is -5.84. The zero-order valence-corrected chi connectivity index (χ0v) is 26.4. The van der Waals surface area contributed by atoms with Crippen LogP contribution in [0.4, 0.5) is 10.5 Å². The van der Waals surface area contributed by atoms with Crippen molar-refractivity contribution in [2.45, 2.75) is 52.7 Å². The quantitative estimate of drug-likeness (QED) is 0.139. The minimum absolute atomic E-state index is 0.0537. The second kappa shape index (κ2) is 15.0. The van der Waals surface area contributed by atoms with Crippen molar-refractivity contribution in [3.63, 3.8) is 0 Å². The van der Waals surface area contributed by atoms with Crippen molar-refractivity contribution in [2.24, 2.45) is 0 Å². The van der Waals surface area contributed by atoms with Gasteiger partial charge >= 0.3 is 12.1 Å². The third kappa shape index (κ3) is 10.1. The van der Waals surface area contributed by atoms with E-state index in [0.29, 0.717) is 42.6 Å². The Labute approximate surface area is 272 Å². The van der Waals surface area contributed by atoms with Gasteiger partial charge in [0.15, 0.2) is 0 Å². The Morgan fingerprint density at radius 1 is 0.766 bits per heavy atom. The van der Waals surface area contributed by atoms with Crippen molar-refractivity contribution >= 4 is 17.7 Å². The summed E-state index contributed by atoms with van der Waals surface area (Å²) in [4.78, 5) is 24.0. The number of carbonyl (C=O) groups is 2. The highest BCUT2D eigenvalue weighted by atomic mass is 16.6. The molecule has 4 aromatic carbocycles. The van der Waals surface area contributed by atoms with Gasteiger partial charge in [-0.3, -0.25) is 5.32 Å². The third-order valence-corrected chi connectivity index (χ3v) is 6.60. The minimum atomic E-state index is -1.17. The third-order valence-electron chi connectivity index (χ3n) is 6.60. The van der Waals surface area contributed by atoms with Gasteiger partial charge in [-0.1, -0.05) is 65.9 Å². The smallest absolute Gasteiger partial charge is 0.412 e. The average Bonchev–Trinajstić information content (AvgIpc) is 3.49. The van der Waals surface area contributed by atoms with E-state index < -0.39 is 17.7 Å². The number of anilines is 1. The maximum Gasteiger partial charge on any atom is 0.412 e. The van der Waals surface area contributed by atoms with Crippen LogP contribution in [0, 0.1) is 0 Å². The monoisotopic (exact) mass is 636 g/mol. The lowest BCUT2D eigenvalue weighted by Crippen LogP contribution is -2.27. The Morgan fingerprint density at radius 3 is 1.96 bits per heavy atom. The molecule has 2 N–H and O–H groups in total. The molecule has 0 aliphatic carbocycles. The summed E-state index contributed by atoms with van der Waals surface area (Å²) in [6.45, 7) is 6.36. The normalized spacial score (nSPS) is 11.0. The van der Waals surface area contributed by atoms with E-state index in [1.807, 2.05) is 78.9 Å². The maximum atomic E-state index is 12.2. The molecular formula is C36H36N4O7. The summed E-state index contributed by atoms with van der Waals surface area (Å²) in [6.07, 6.45) is 1.04. The van der Waals surface area contributed by atoms with Crippen LogP contribution < -0.4 is 19.5 Å². The molecule has 0 aliphatic heterocycles. The van der Waals surface area contributed by atoms with Crippen LogP contribution in [0.2, 0.25) is 0 Å². The van der Waals surface area contributed by atoms with Crippen molar-refractivity contribution in [2.75, 3.05) is 5.32 Å². The average molecular weight is 637 g/mol. The molecule has 11 nitrogen and oxygen atoms in total. The molecule has 1 aromatic heterocycles. The summed E-state index contributed by atoms with van der Waals surface area (Å²) in [7, 11) is 0. The van der Waals surface area contributed by atoms with E-state index in [4.69, 9.17) is 18.9 Å². The molecule has 0 fully saturated rings. The van der Waals surface area contributed by atoms with E-state index in [1.54, 1.807) is 31.6 Å². The molecule has 47 heavy (non-hydrogen) atoms. The SMILES string of the molecule is CC(C)(C)OC(=O)Nc1ccc(C(=O)O)c(OCc2cn(Cc3cc(OCc4ccccc4)cc(OCc4ccccc4)c3)nn2)c1. The van der Waals surface area contributed by atoms with Crippen LogP contribution in [0.25, 0.3) is 0 Å². The molecule has 0 radical (unpaired) electrons. The first-order valence-corrected chi connectivity index (χ1v) is 15.0. The van der Waals surface area contributed by atoms with E-state index in [2.05, 4.69) is 15.6 Å². The first kappa shape index (κ1) is 32.6. The minimum Gasteiger partial charge on any atom is -0.489 e. The number of aromatic nitrogens is 3. The fourth-order valence-corrected chi connectivity index (χ4v) is 4.51. The van der Waals surface area contributed by atoms with Crippen molar-refractivity contribution in [3.8, 4) is 17.2 Å². The summed E-state index contributed by atoms with van der Waals surface area (Å²) >= 11 is 0. The highest BCUT2D eigenvalue weighted by Crippen LogP contribution is 2.27.